The lowest BCUT2D eigenvalue weighted by atomic mass is 10.1. The van der Waals surface area contributed by atoms with Crippen LogP contribution in [0.3, 0.4) is 0 Å². The average Bonchev–Trinajstić information content (AvgIpc) is 3.13. The van der Waals surface area contributed by atoms with Crippen molar-refractivity contribution in [3.63, 3.8) is 0 Å². The van der Waals surface area contributed by atoms with Gasteiger partial charge >= 0.3 is 0 Å². The summed E-state index contributed by atoms with van der Waals surface area (Å²) >= 11 is 0. The molecule has 6 nitrogen and oxygen atoms in total. The Kier molecular flexibility index (Phi) is 6.89. The van der Waals surface area contributed by atoms with Gasteiger partial charge in [-0.15, -0.1) is 0 Å². The summed E-state index contributed by atoms with van der Waals surface area (Å²) in [6.07, 6.45) is 4.08. The molecule has 0 spiro atoms. The van der Waals surface area contributed by atoms with Crippen molar-refractivity contribution in [1.82, 2.24) is 9.29 Å². The van der Waals surface area contributed by atoms with Gasteiger partial charge in [0.05, 0.1) is 17.5 Å². The number of sulfonamides is 1. The highest BCUT2D eigenvalue weighted by atomic mass is 32.2. The van der Waals surface area contributed by atoms with E-state index in [1.807, 2.05) is 42.0 Å². The van der Waals surface area contributed by atoms with E-state index in [2.05, 4.69) is 0 Å². The Morgan fingerprint density at radius 2 is 1.83 bits per heavy atom. The molecule has 0 unspecified atom stereocenters. The van der Waals surface area contributed by atoms with Crippen LogP contribution in [-0.4, -0.2) is 26.0 Å². The van der Waals surface area contributed by atoms with Crippen LogP contribution < -0.4 is 9.46 Å². The lowest BCUT2D eigenvalue weighted by Gasteiger charge is -2.10. The molecule has 1 heterocycles. The van der Waals surface area contributed by atoms with Crippen molar-refractivity contribution in [3.8, 4) is 5.75 Å². The minimum Gasteiger partial charge on any atom is -0.497 e. The summed E-state index contributed by atoms with van der Waals surface area (Å²) in [6.45, 7) is 2.27. The molecule has 1 aromatic heterocycles. The number of benzene rings is 3. The van der Waals surface area contributed by atoms with Gasteiger partial charge in [0.1, 0.15) is 11.6 Å². The maximum absolute atomic E-state index is 14.4. The number of ether oxygens (including phenoxy) is 1. The summed E-state index contributed by atoms with van der Waals surface area (Å²) < 4.78 is 74.6. The third-order valence-corrected chi connectivity index (χ3v) is 6.85. The monoisotopic (exact) mass is 514 g/mol. The summed E-state index contributed by atoms with van der Waals surface area (Å²) in [6, 6.07) is 12.0. The Balaban J connectivity index is 1.65. The molecule has 3 aromatic carbocycles. The Morgan fingerprint density at radius 1 is 1.06 bits per heavy atom. The molecule has 0 aliphatic rings. The largest absolute Gasteiger partial charge is 0.497 e. The van der Waals surface area contributed by atoms with Gasteiger partial charge in [0.2, 0.25) is 0 Å². The van der Waals surface area contributed by atoms with E-state index in [-0.39, 0.29) is 0 Å². The van der Waals surface area contributed by atoms with Crippen LogP contribution in [0.15, 0.2) is 71.8 Å². The highest BCUT2D eigenvalue weighted by Crippen LogP contribution is 2.28. The third-order valence-electron chi connectivity index (χ3n) is 5.50. The molecule has 36 heavy (non-hydrogen) atoms. The number of hydrogen-bond acceptors (Lipinski definition) is 4. The Hall–Kier alpha value is -4.05. The molecule has 0 radical (unpaired) electrons. The van der Waals surface area contributed by atoms with Crippen LogP contribution in [0.4, 0.5) is 13.2 Å². The van der Waals surface area contributed by atoms with E-state index in [0.717, 1.165) is 23.3 Å². The van der Waals surface area contributed by atoms with E-state index < -0.39 is 38.3 Å². The lowest BCUT2D eigenvalue weighted by molar-refractivity contribution is -0.114. The third kappa shape index (κ3) is 5.28. The first-order valence-electron chi connectivity index (χ1n) is 10.7. The summed E-state index contributed by atoms with van der Waals surface area (Å²) in [5, 5.41) is 0.632. The van der Waals surface area contributed by atoms with Gasteiger partial charge in [-0.3, -0.25) is 4.79 Å². The summed E-state index contributed by atoms with van der Waals surface area (Å²) in [5.41, 5.74) is 2.74. The van der Waals surface area contributed by atoms with Gasteiger partial charge in [-0.25, -0.2) is 26.3 Å². The van der Waals surface area contributed by atoms with Crippen LogP contribution in [0.5, 0.6) is 5.75 Å². The second-order valence-electron chi connectivity index (χ2n) is 8.06. The van der Waals surface area contributed by atoms with Gasteiger partial charge in [-0.2, -0.15) is 0 Å². The minimum atomic E-state index is -4.45. The van der Waals surface area contributed by atoms with Crippen molar-refractivity contribution < 1.29 is 31.1 Å². The number of aromatic nitrogens is 1. The second kappa shape index (κ2) is 9.90. The van der Waals surface area contributed by atoms with Gasteiger partial charge in [0.15, 0.2) is 11.6 Å². The highest BCUT2D eigenvalue weighted by Gasteiger charge is 2.19. The number of aryl methyl sites for hydroxylation is 1. The van der Waals surface area contributed by atoms with Crippen LogP contribution in [0, 0.1) is 24.4 Å². The SMILES string of the molecule is COc1cccc(Cn2cc(C)c3cc(F)cc(/C=C/C(=O)NS(=O)(=O)c4ccc(F)c(F)c4)c32)c1. The van der Waals surface area contributed by atoms with Gasteiger partial charge in [0.25, 0.3) is 15.9 Å². The fourth-order valence-corrected chi connectivity index (χ4v) is 4.82. The highest BCUT2D eigenvalue weighted by molar-refractivity contribution is 7.90. The van der Waals surface area contributed by atoms with Crippen LogP contribution >= 0.6 is 0 Å². The van der Waals surface area contributed by atoms with Gasteiger partial charge in [-0.05, 0) is 66.6 Å². The quantitative estimate of drug-likeness (QED) is 0.355. The van der Waals surface area contributed by atoms with Crippen LogP contribution in [0.2, 0.25) is 0 Å². The molecular formula is C26H21F3N2O4S. The number of nitrogens with zero attached hydrogens (tertiary/aromatic N) is 1. The molecule has 0 atom stereocenters. The number of nitrogens with one attached hydrogen (secondary N) is 1. The first-order chi connectivity index (χ1) is 17.1. The Bertz CT molecular complexity index is 1610. The van der Waals surface area contributed by atoms with Crippen LogP contribution in [-0.2, 0) is 21.4 Å². The summed E-state index contributed by atoms with van der Waals surface area (Å²) in [4.78, 5) is 11.8. The molecule has 0 saturated heterocycles. The predicted octanol–water partition coefficient (Wildman–Crippen LogP) is 4.94. The minimum absolute atomic E-state index is 0.348. The molecule has 1 amide bonds. The van der Waals surface area contributed by atoms with Crippen molar-refractivity contribution in [2.24, 2.45) is 0 Å². The normalized spacial score (nSPS) is 11.8. The van der Waals surface area contributed by atoms with E-state index in [1.54, 1.807) is 11.8 Å². The zero-order chi connectivity index (χ0) is 26.0. The molecule has 4 aromatic rings. The maximum atomic E-state index is 14.4. The van der Waals surface area contributed by atoms with Crippen LogP contribution in [0.25, 0.3) is 17.0 Å². The van der Waals surface area contributed by atoms with Crippen molar-refractivity contribution in [2.75, 3.05) is 7.11 Å². The van der Waals surface area contributed by atoms with E-state index in [4.69, 9.17) is 4.74 Å². The van der Waals surface area contributed by atoms with Crippen molar-refractivity contribution in [3.05, 3.63) is 101 Å². The van der Waals surface area contributed by atoms with Crippen molar-refractivity contribution in [2.45, 2.75) is 18.4 Å². The van der Waals surface area contributed by atoms with Gasteiger partial charge < -0.3 is 9.30 Å². The molecule has 10 heteroatoms. The standard InChI is InChI=1S/C26H21F3N2O4S/c1-16-14-31(15-17-4-3-5-20(10-17)35-2)26-18(11-19(27)12-22(16)26)6-9-25(32)30-36(33,34)21-7-8-23(28)24(29)13-21/h3-14H,15H2,1-2H3,(H,30,32)/b9-6+. The Morgan fingerprint density at radius 3 is 2.56 bits per heavy atom. The number of rotatable bonds is 7. The lowest BCUT2D eigenvalue weighted by Crippen LogP contribution is -2.29. The molecule has 0 saturated carbocycles. The smallest absolute Gasteiger partial charge is 0.264 e. The Labute approximate surface area is 205 Å². The number of carbonyl (C=O) groups excluding carboxylic acids is 1. The van der Waals surface area contributed by atoms with Crippen molar-refractivity contribution >= 4 is 32.9 Å². The second-order valence-corrected chi connectivity index (χ2v) is 9.74. The molecule has 0 bridgehead atoms. The first-order valence-corrected chi connectivity index (χ1v) is 12.2. The van der Waals surface area contributed by atoms with E-state index >= 15 is 0 Å². The number of hydrogen-bond donors (Lipinski definition) is 1. The van der Waals surface area contributed by atoms with Crippen LogP contribution in [0.1, 0.15) is 16.7 Å². The first kappa shape index (κ1) is 25.1. The van der Waals surface area contributed by atoms with Gasteiger partial charge in [0, 0.05) is 29.8 Å². The predicted molar refractivity (Wildman–Crippen MR) is 129 cm³/mol. The molecule has 0 aliphatic heterocycles. The maximum Gasteiger partial charge on any atom is 0.264 e. The average molecular weight is 515 g/mol. The molecule has 1 N–H and O–H groups in total. The summed E-state index contributed by atoms with van der Waals surface area (Å²) in [7, 11) is -2.89. The zero-order valence-corrected chi connectivity index (χ0v) is 20.1. The molecule has 0 fully saturated rings. The molecule has 186 valence electrons. The van der Waals surface area contributed by atoms with E-state index in [9.17, 15) is 26.4 Å². The van der Waals surface area contributed by atoms with E-state index in [1.165, 1.54) is 18.2 Å². The summed E-state index contributed by atoms with van der Waals surface area (Å²) in [5.74, 6) is -3.47. The fraction of sp³-hybridized carbons (Fsp3) is 0.115. The number of methoxy groups -OCH3 is 1. The van der Waals surface area contributed by atoms with Crippen molar-refractivity contribution in [1.29, 1.82) is 0 Å². The number of halogens is 3. The molecule has 4 rings (SSSR count). The fourth-order valence-electron chi connectivity index (χ4n) is 3.86. The number of carbonyl (C=O) groups is 1. The number of amides is 1. The molecule has 0 aliphatic carbocycles. The number of fused-ring (bicyclic) bond motifs is 1. The molecular weight excluding hydrogens is 493 g/mol. The topological polar surface area (TPSA) is 77.4 Å². The van der Waals surface area contributed by atoms with Gasteiger partial charge in [-0.1, -0.05) is 12.1 Å². The van der Waals surface area contributed by atoms with E-state index in [0.29, 0.717) is 40.9 Å². The zero-order valence-electron chi connectivity index (χ0n) is 19.3.